The monoisotopic (exact) mass is 558 g/mol. The Bertz CT molecular complexity index is 1190. The van der Waals surface area contributed by atoms with E-state index in [-0.39, 0.29) is 13.2 Å². The van der Waals surface area contributed by atoms with Crippen LogP contribution in [0.4, 0.5) is 9.59 Å². The number of rotatable bonds is 6. The Morgan fingerprint density at radius 2 is 1.89 bits per heavy atom. The van der Waals surface area contributed by atoms with Crippen LogP contribution in [-0.4, -0.2) is 59.2 Å². The molecule has 2 fully saturated rings. The lowest BCUT2D eigenvalue weighted by molar-refractivity contribution is -0.135. The van der Waals surface area contributed by atoms with Gasteiger partial charge in [-0.1, -0.05) is 58.4 Å². The molecule has 0 aliphatic carbocycles. The number of likely N-dealkylation sites (tertiary alicyclic amines) is 1. The lowest BCUT2D eigenvalue weighted by Gasteiger charge is -2.29. The van der Waals surface area contributed by atoms with Gasteiger partial charge in [0.2, 0.25) is 5.91 Å². The maximum absolute atomic E-state index is 14.2. The van der Waals surface area contributed by atoms with E-state index < -0.39 is 47.9 Å². The van der Waals surface area contributed by atoms with Gasteiger partial charge in [-0.15, -0.1) is 0 Å². The number of cyclic esters (lactones) is 1. The SMILES string of the molecule is [2H]C([2H])(c1cccc(Br)c1)[C@H](C(=O)N1C(=O)OC[C@@H]1Cc1ccccc1)[C@H]1CCN(C(=O)OC(C)(C)C)C1. The van der Waals surface area contributed by atoms with Crippen LogP contribution in [0.3, 0.4) is 0 Å². The Morgan fingerprint density at radius 3 is 2.58 bits per heavy atom. The van der Waals surface area contributed by atoms with Crippen molar-refractivity contribution in [1.29, 1.82) is 0 Å². The number of benzene rings is 2. The number of hydrogen-bond donors (Lipinski definition) is 0. The summed E-state index contributed by atoms with van der Waals surface area (Å²) in [5, 5.41) is 0. The molecule has 3 amide bonds. The molecule has 0 unspecified atom stereocenters. The number of carbonyl (C=O) groups excluding carboxylic acids is 3. The van der Waals surface area contributed by atoms with Gasteiger partial charge in [-0.2, -0.15) is 0 Å². The summed E-state index contributed by atoms with van der Waals surface area (Å²) in [4.78, 5) is 42.4. The Kier molecular flexibility index (Phi) is 7.21. The summed E-state index contributed by atoms with van der Waals surface area (Å²) in [5.41, 5.74) is 0.574. The third kappa shape index (κ3) is 6.46. The maximum atomic E-state index is 14.2. The van der Waals surface area contributed by atoms with Crippen LogP contribution in [0.15, 0.2) is 59.1 Å². The van der Waals surface area contributed by atoms with E-state index in [1.807, 2.05) is 30.3 Å². The van der Waals surface area contributed by atoms with Gasteiger partial charge >= 0.3 is 12.2 Å². The number of ether oxygens (including phenoxy) is 2. The van der Waals surface area contributed by atoms with Gasteiger partial charge in [-0.05, 0) is 69.2 Å². The highest BCUT2D eigenvalue weighted by atomic mass is 79.9. The van der Waals surface area contributed by atoms with Gasteiger partial charge in [0.15, 0.2) is 0 Å². The van der Waals surface area contributed by atoms with E-state index in [2.05, 4.69) is 15.9 Å². The summed E-state index contributed by atoms with van der Waals surface area (Å²) in [7, 11) is 0. The quantitative estimate of drug-likeness (QED) is 0.470. The topological polar surface area (TPSA) is 76.2 Å². The van der Waals surface area contributed by atoms with Gasteiger partial charge in [0.05, 0.1) is 6.04 Å². The summed E-state index contributed by atoms with van der Waals surface area (Å²) in [6, 6.07) is 15.7. The molecule has 192 valence electrons. The lowest BCUT2D eigenvalue weighted by atomic mass is 9.84. The molecule has 4 rings (SSSR count). The molecular formula is C28H33BrN2O5. The average molecular weight is 559 g/mol. The minimum absolute atomic E-state index is 0.0424. The van der Waals surface area contributed by atoms with Crippen LogP contribution in [0.5, 0.6) is 0 Å². The molecule has 0 saturated carbocycles. The molecule has 2 aliphatic heterocycles. The summed E-state index contributed by atoms with van der Waals surface area (Å²) in [6.07, 6.45) is -2.60. The lowest BCUT2D eigenvalue weighted by Crippen LogP contribution is -2.46. The van der Waals surface area contributed by atoms with Gasteiger partial charge < -0.3 is 14.4 Å². The molecule has 7 nitrogen and oxygen atoms in total. The van der Waals surface area contributed by atoms with Crippen molar-refractivity contribution in [3.63, 3.8) is 0 Å². The normalized spacial score (nSPS) is 22.1. The van der Waals surface area contributed by atoms with Crippen molar-refractivity contribution >= 4 is 34.0 Å². The number of carbonyl (C=O) groups is 3. The van der Waals surface area contributed by atoms with Gasteiger partial charge in [0.1, 0.15) is 12.2 Å². The van der Waals surface area contributed by atoms with Gasteiger partial charge in [0, 0.05) is 26.2 Å². The van der Waals surface area contributed by atoms with Crippen LogP contribution >= 0.6 is 15.9 Å². The first kappa shape index (κ1) is 23.5. The predicted molar refractivity (Wildman–Crippen MR) is 139 cm³/mol. The molecule has 2 heterocycles. The zero-order valence-corrected chi connectivity index (χ0v) is 22.4. The van der Waals surface area contributed by atoms with Crippen LogP contribution in [0.25, 0.3) is 0 Å². The van der Waals surface area contributed by atoms with Gasteiger partial charge in [-0.25, -0.2) is 14.5 Å². The molecule has 0 bridgehead atoms. The number of hydrogen-bond acceptors (Lipinski definition) is 5. The molecule has 2 aromatic rings. The fraction of sp³-hybridized carbons (Fsp3) is 0.464. The third-order valence-electron chi connectivity index (χ3n) is 6.27. The molecule has 0 radical (unpaired) electrons. The molecule has 36 heavy (non-hydrogen) atoms. The molecular weight excluding hydrogens is 524 g/mol. The third-order valence-corrected chi connectivity index (χ3v) is 6.77. The summed E-state index contributed by atoms with van der Waals surface area (Å²) in [6.45, 7) is 5.86. The largest absolute Gasteiger partial charge is 0.447 e. The molecule has 2 saturated heterocycles. The van der Waals surface area contributed by atoms with E-state index in [9.17, 15) is 14.4 Å². The molecule has 2 aromatic carbocycles. The first-order valence-corrected chi connectivity index (χ1v) is 12.9. The first-order chi connectivity index (χ1) is 17.9. The van der Waals surface area contributed by atoms with Crippen LogP contribution < -0.4 is 0 Å². The van der Waals surface area contributed by atoms with Crippen molar-refractivity contribution in [2.75, 3.05) is 19.7 Å². The first-order valence-electron chi connectivity index (χ1n) is 13.1. The minimum atomic E-state index is -2.13. The molecule has 2 aliphatic rings. The maximum Gasteiger partial charge on any atom is 0.416 e. The van der Waals surface area contributed by atoms with Crippen molar-refractivity contribution in [3.05, 3.63) is 70.2 Å². The average Bonchev–Trinajstić information content (AvgIpc) is 3.45. The Labute approximate surface area is 223 Å². The Morgan fingerprint density at radius 1 is 1.17 bits per heavy atom. The highest BCUT2D eigenvalue weighted by Crippen LogP contribution is 2.32. The standard InChI is InChI=1S/C28H33BrN2O5/c1-28(2,3)36-26(33)30-13-12-21(17-30)24(16-20-10-7-11-22(29)14-20)25(32)31-23(18-35-27(31)34)15-19-8-5-4-6-9-19/h4-11,14,21,23-24H,12-13,15-18H2,1-3H3/t21-,23-,24-/m0/s1/i16D2. The second-order valence-corrected chi connectivity index (χ2v) is 11.2. The molecule has 0 N–H and O–H groups in total. The second kappa shape index (κ2) is 11.0. The highest BCUT2D eigenvalue weighted by molar-refractivity contribution is 9.10. The number of amides is 3. The summed E-state index contributed by atoms with van der Waals surface area (Å²) < 4.78 is 29.8. The Balaban J connectivity index is 1.66. The molecule has 8 heteroatoms. The number of imide groups is 1. The summed E-state index contributed by atoms with van der Waals surface area (Å²) in [5.74, 6) is -2.39. The van der Waals surface area contributed by atoms with E-state index >= 15 is 0 Å². The molecule has 0 aromatic heterocycles. The summed E-state index contributed by atoms with van der Waals surface area (Å²) >= 11 is 3.40. The minimum Gasteiger partial charge on any atom is -0.447 e. The van der Waals surface area contributed by atoms with Crippen molar-refractivity contribution in [2.24, 2.45) is 11.8 Å². The van der Waals surface area contributed by atoms with Gasteiger partial charge in [-0.3, -0.25) is 4.79 Å². The predicted octanol–water partition coefficient (Wildman–Crippen LogP) is 5.45. The number of halogens is 1. The highest BCUT2D eigenvalue weighted by Gasteiger charge is 2.45. The number of nitrogens with zero attached hydrogens (tertiary/aromatic N) is 2. The smallest absolute Gasteiger partial charge is 0.416 e. The zero-order valence-electron chi connectivity index (χ0n) is 22.8. The van der Waals surface area contributed by atoms with E-state index in [0.29, 0.717) is 29.4 Å². The fourth-order valence-corrected chi connectivity index (χ4v) is 5.01. The van der Waals surface area contributed by atoms with Crippen LogP contribution in [0.1, 0.15) is 41.1 Å². The van der Waals surface area contributed by atoms with E-state index in [4.69, 9.17) is 12.2 Å². The fourth-order valence-electron chi connectivity index (χ4n) is 4.61. The van der Waals surface area contributed by atoms with E-state index in [0.717, 1.165) is 10.5 Å². The van der Waals surface area contributed by atoms with E-state index in [1.54, 1.807) is 45.0 Å². The second-order valence-electron chi connectivity index (χ2n) is 10.2. The van der Waals surface area contributed by atoms with Crippen molar-refractivity contribution in [1.82, 2.24) is 9.80 Å². The van der Waals surface area contributed by atoms with Gasteiger partial charge in [0.25, 0.3) is 0 Å². The van der Waals surface area contributed by atoms with Crippen LogP contribution in [-0.2, 0) is 27.1 Å². The van der Waals surface area contributed by atoms with E-state index in [1.165, 1.54) is 4.90 Å². The Hall–Kier alpha value is -2.87. The molecule has 0 spiro atoms. The molecule has 3 atom stereocenters. The van der Waals surface area contributed by atoms with Crippen molar-refractivity contribution in [2.45, 2.75) is 51.6 Å². The van der Waals surface area contributed by atoms with Crippen molar-refractivity contribution < 1.29 is 26.6 Å². The zero-order chi connectivity index (χ0) is 27.7. The van der Waals surface area contributed by atoms with Crippen LogP contribution in [0.2, 0.25) is 0 Å². The van der Waals surface area contributed by atoms with Crippen LogP contribution in [0, 0.1) is 11.8 Å². The van der Waals surface area contributed by atoms with Crippen molar-refractivity contribution in [3.8, 4) is 0 Å².